The summed E-state index contributed by atoms with van der Waals surface area (Å²) >= 11 is 0. The van der Waals surface area contributed by atoms with Crippen LogP contribution in [-0.4, -0.2) is 11.9 Å². The second kappa shape index (κ2) is 4.12. The summed E-state index contributed by atoms with van der Waals surface area (Å²) in [5, 5.41) is 3.07. The first-order valence-electron chi connectivity index (χ1n) is 5.33. The minimum absolute atomic E-state index is 0.199. The highest BCUT2D eigenvalue weighted by atomic mass is 16.1. The van der Waals surface area contributed by atoms with Gasteiger partial charge in [-0.1, -0.05) is 20.8 Å². The Bertz CT molecular complexity index is 177. The fourth-order valence-electron chi connectivity index (χ4n) is 1.87. The molecule has 13 heavy (non-hydrogen) atoms. The molecule has 1 aliphatic rings. The normalized spacial score (nSPS) is 22.7. The Morgan fingerprint density at radius 2 is 1.92 bits per heavy atom. The highest BCUT2D eigenvalue weighted by Crippen LogP contribution is 2.34. The van der Waals surface area contributed by atoms with E-state index in [1.807, 2.05) is 6.92 Å². The molecule has 0 aliphatic heterocycles. The number of nitrogens with one attached hydrogen (secondary N) is 1. The molecule has 1 aliphatic carbocycles. The summed E-state index contributed by atoms with van der Waals surface area (Å²) in [6.45, 7) is 6.53. The number of carbonyl (C=O) groups is 1. The Balaban J connectivity index is 2.29. The fourth-order valence-corrected chi connectivity index (χ4v) is 1.87. The highest BCUT2D eigenvalue weighted by molar-refractivity contribution is 5.75. The molecule has 1 saturated carbocycles. The van der Waals surface area contributed by atoms with Gasteiger partial charge in [0, 0.05) is 12.5 Å². The third-order valence-electron chi connectivity index (χ3n) is 3.03. The average Bonchev–Trinajstić information content (AvgIpc) is 2.08. The van der Waals surface area contributed by atoms with E-state index >= 15 is 0 Å². The standard InChI is InChI=1S/C11H21NO/c1-4-10(13)12-9-5-7-11(2,3)8-6-9/h9H,4-8H2,1-3H3,(H,12,13). The number of rotatable bonds is 2. The molecule has 0 aromatic carbocycles. The monoisotopic (exact) mass is 183 g/mol. The van der Waals surface area contributed by atoms with Gasteiger partial charge in [-0.3, -0.25) is 4.79 Å². The van der Waals surface area contributed by atoms with Crippen molar-refractivity contribution in [3.8, 4) is 0 Å². The van der Waals surface area contributed by atoms with Crippen molar-refractivity contribution in [3.05, 3.63) is 0 Å². The lowest BCUT2D eigenvalue weighted by Gasteiger charge is -2.34. The van der Waals surface area contributed by atoms with E-state index in [-0.39, 0.29) is 5.91 Å². The van der Waals surface area contributed by atoms with E-state index in [1.165, 1.54) is 12.8 Å². The molecule has 0 bridgehead atoms. The molecule has 0 saturated heterocycles. The van der Waals surface area contributed by atoms with Crippen LogP contribution in [0, 0.1) is 5.41 Å². The minimum atomic E-state index is 0.199. The van der Waals surface area contributed by atoms with Crippen molar-refractivity contribution in [1.29, 1.82) is 0 Å². The number of hydrogen-bond acceptors (Lipinski definition) is 1. The van der Waals surface area contributed by atoms with Crippen LogP contribution >= 0.6 is 0 Å². The summed E-state index contributed by atoms with van der Waals surface area (Å²) in [5.74, 6) is 0.199. The Kier molecular flexibility index (Phi) is 3.34. The maximum atomic E-state index is 11.1. The minimum Gasteiger partial charge on any atom is -0.353 e. The maximum absolute atomic E-state index is 11.1. The lowest BCUT2D eigenvalue weighted by molar-refractivity contribution is -0.121. The predicted molar refractivity (Wildman–Crippen MR) is 54.5 cm³/mol. The zero-order valence-electron chi connectivity index (χ0n) is 9.02. The molecule has 0 unspecified atom stereocenters. The topological polar surface area (TPSA) is 29.1 Å². The largest absolute Gasteiger partial charge is 0.353 e. The first-order valence-corrected chi connectivity index (χ1v) is 5.33. The Labute approximate surface area is 81.1 Å². The van der Waals surface area contributed by atoms with E-state index in [9.17, 15) is 4.79 Å². The molecule has 2 nitrogen and oxygen atoms in total. The van der Waals surface area contributed by atoms with E-state index < -0.39 is 0 Å². The summed E-state index contributed by atoms with van der Waals surface area (Å²) in [7, 11) is 0. The first kappa shape index (κ1) is 10.6. The van der Waals surface area contributed by atoms with Gasteiger partial charge in [-0.2, -0.15) is 0 Å². The third-order valence-corrected chi connectivity index (χ3v) is 3.03. The van der Waals surface area contributed by atoms with Crippen LogP contribution in [-0.2, 0) is 4.79 Å². The van der Waals surface area contributed by atoms with Crippen LogP contribution in [0.2, 0.25) is 0 Å². The van der Waals surface area contributed by atoms with Crippen LogP contribution in [0.5, 0.6) is 0 Å². The first-order chi connectivity index (χ1) is 6.03. The van der Waals surface area contributed by atoms with Crippen LogP contribution in [0.4, 0.5) is 0 Å². The molecule has 0 spiro atoms. The Hall–Kier alpha value is -0.530. The van der Waals surface area contributed by atoms with Gasteiger partial charge in [0.15, 0.2) is 0 Å². The van der Waals surface area contributed by atoms with E-state index in [4.69, 9.17) is 0 Å². The fraction of sp³-hybridized carbons (Fsp3) is 0.909. The van der Waals surface area contributed by atoms with Crippen LogP contribution in [0.25, 0.3) is 0 Å². The molecule has 0 heterocycles. The Morgan fingerprint density at radius 3 is 2.38 bits per heavy atom. The van der Waals surface area contributed by atoms with Crippen LogP contribution in [0.1, 0.15) is 52.9 Å². The summed E-state index contributed by atoms with van der Waals surface area (Å²) in [4.78, 5) is 11.1. The van der Waals surface area contributed by atoms with Gasteiger partial charge in [0.1, 0.15) is 0 Å². The lowest BCUT2D eigenvalue weighted by atomic mass is 9.75. The molecule has 0 atom stereocenters. The van der Waals surface area contributed by atoms with Gasteiger partial charge in [0.25, 0.3) is 0 Å². The maximum Gasteiger partial charge on any atom is 0.219 e. The van der Waals surface area contributed by atoms with Crippen molar-refractivity contribution in [2.75, 3.05) is 0 Å². The van der Waals surface area contributed by atoms with Crippen molar-refractivity contribution < 1.29 is 4.79 Å². The van der Waals surface area contributed by atoms with E-state index in [0.29, 0.717) is 17.9 Å². The van der Waals surface area contributed by atoms with Gasteiger partial charge in [-0.25, -0.2) is 0 Å². The van der Waals surface area contributed by atoms with Crippen molar-refractivity contribution in [3.63, 3.8) is 0 Å². The molecule has 76 valence electrons. The zero-order valence-corrected chi connectivity index (χ0v) is 9.02. The molecule has 0 aromatic heterocycles. The SMILES string of the molecule is CCC(=O)NC1CCC(C)(C)CC1. The van der Waals surface area contributed by atoms with Gasteiger partial charge >= 0.3 is 0 Å². The van der Waals surface area contributed by atoms with Gasteiger partial charge in [-0.15, -0.1) is 0 Å². The van der Waals surface area contributed by atoms with E-state index in [1.54, 1.807) is 0 Å². The Morgan fingerprint density at radius 1 is 1.38 bits per heavy atom. The predicted octanol–water partition coefficient (Wildman–Crippen LogP) is 2.48. The second-order valence-corrected chi connectivity index (χ2v) is 4.86. The molecule has 0 aromatic rings. The molecular formula is C11H21NO. The molecule has 0 radical (unpaired) electrons. The van der Waals surface area contributed by atoms with Crippen molar-refractivity contribution in [2.45, 2.75) is 58.9 Å². The lowest BCUT2D eigenvalue weighted by Crippen LogP contribution is -2.38. The molecule has 1 N–H and O–H groups in total. The smallest absolute Gasteiger partial charge is 0.219 e. The molecule has 1 rings (SSSR count). The van der Waals surface area contributed by atoms with Gasteiger partial charge in [0.2, 0.25) is 5.91 Å². The van der Waals surface area contributed by atoms with Crippen LogP contribution < -0.4 is 5.32 Å². The highest BCUT2D eigenvalue weighted by Gasteiger charge is 2.27. The van der Waals surface area contributed by atoms with E-state index in [2.05, 4.69) is 19.2 Å². The molecule has 1 fully saturated rings. The van der Waals surface area contributed by atoms with Gasteiger partial charge < -0.3 is 5.32 Å². The molecule has 1 amide bonds. The summed E-state index contributed by atoms with van der Waals surface area (Å²) in [6.07, 6.45) is 5.39. The van der Waals surface area contributed by atoms with Crippen molar-refractivity contribution >= 4 is 5.91 Å². The summed E-state index contributed by atoms with van der Waals surface area (Å²) < 4.78 is 0. The average molecular weight is 183 g/mol. The molecule has 2 heteroatoms. The quantitative estimate of drug-likeness (QED) is 0.700. The van der Waals surface area contributed by atoms with E-state index in [0.717, 1.165) is 12.8 Å². The van der Waals surface area contributed by atoms with Crippen LogP contribution in [0.3, 0.4) is 0 Å². The zero-order chi connectivity index (χ0) is 9.90. The number of carbonyl (C=O) groups excluding carboxylic acids is 1. The van der Waals surface area contributed by atoms with Gasteiger partial charge in [-0.05, 0) is 31.1 Å². The summed E-state index contributed by atoms with van der Waals surface area (Å²) in [6, 6.07) is 0.445. The molecular weight excluding hydrogens is 162 g/mol. The number of amides is 1. The van der Waals surface area contributed by atoms with Crippen molar-refractivity contribution in [2.24, 2.45) is 5.41 Å². The summed E-state index contributed by atoms with van der Waals surface area (Å²) in [5.41, 5.74) is 0.493. The number of hydrogen-bond donors (Lipinski definition) is 1. The third kappa shape index (κ3) is 3.37. The second-order valence-electron chi connectivity index (χ2n) is 4.86. The van der Waals surface area contributed by atoms with Crippen molar-refractivity contribution in [1.82, 2.24) is 5.32 Å². The van der Waals surface area contributed by atoms with Gasteiger partial charge in [0.05, 0.1) is 0 Å². The van der Waals surface area contributed by atoms with Crippen LogP contribution in [0.15, 0.2) is 0 Å².